The van der Waals surface area contributed by atoms with Crippen LogP contribution in [0.2, 0.25) is 0 Å². The number of carbonyl (C=O) groups excluding carboxylic acids is 1. The predicted molar refractivity (Wildman–Crippen MR) is 52.8 cm³/mol. The zero-order valence-corrected chi connectivity index (χ0v) is 8.91. The van der Waals surface area contributed by atoms with Crippen LogP contribution >= 0.6 is 0 Å². The van der Waals surface area contributed by atoms with Gasteiger partial charge in [0, 0.05) is 13.2 Å². The molecule has 2 N–H and O–H groups in total. The van der Waals surface area contributed by atoms with E-state index in [1.807, 2.05) is 13.8 Å². The van der Waals surface area contributed by atoms with Crippen LogP contribution < -0.4 is 5.73 Å². The highest BCUT2D eigenvalue weighted by Crippen LogP contribution is 2.19. The topological polar surface area (TPSA) is 61.5 Å². The Labute approximate surface area is 84.7 Å². The van der Waals surface area contributed by atoms with Gasteiger partial charge < -0.3 is 15.2 Å². The molecule has 0 amide bonds. The molecule has 1 fully saturated rings. The van der Waals surface area contributed by atoms with Crippen molar-refractivity contribution in [3.63, 3.8) is 0 Å². The summed E-state index contributed by atoms with van der Waals surface area (Å²) in [4.78, 5) is 11.6. The molecule has 0 bridgehead atoms. The molecule has 0 spiro atoms. The van der Waals surface area contributed by atoms with Crippen LogP contribution in [0.3, 0.4) is 0 Å². The van der Waals surface area contributed by atoms with Gasteiger partial charge in [0.05, 0.1) is 6.61 Å². The lowest BCUT2D eigenvalue weighted by molar-refractivity contribution is -0.154. The molecule has 1 rings (SSSR count). The Morgan fingerprint density at radius 2 is 2.07 bits per heavy atom. The summed E-state index contributed by atoms with van der Waals surface area (Å²) in [6.45, 7) is 5.54. The van der Waals surface area contributed by atoms with Crippen LogP contribution in [0.15, 0.2) is 0 Å². The van der Waals surface area contributed by atoms with Crippen molar-refractivity contribution in [1.82, 2.24) is 0 Å². The first-order chi connectivity index (χ1) is 6.54. The van der Waals surface area contributed by atoms with Gasteiger partial charge in [-0.25, -0.2) is 0 Å². The number of ether oxygens (including phenoxy) is 2. The van der Waals surface area contributed by atoms with Crippen LogP contribution in [-0.4, -0.2) is 31.3 Å². The molecule has 1 heterocycles. The molecule has 0 unspecified atom stereocenters. The molecule has 14 heavy (non-hydrogen) atoms. The fourth-order valence-corrected chi connectivity index (χ4v) is 1.33. The van der Waals surface area contributed by atoms with Gasteiger partial charge >= 0.3 is 5.97 Å². The van der Waals surface area contributed by atoms with Crippen LogP contribution in [0.1, 0.15) is 26.7 Å². The summed E-state index contributed by atoms with van der Waals surface area (Å²) in [6.07, 6.45) is 1.12. The van der Waals surface area contributed by atoms with E-state index in [4.69, 9.17) is 15.2 Å². The maximum Gasteiger partial charge on any atom is 0.326 e. The zero-order chi connectivity index (χ0) is 10.6. The summed E-state index contributed by atoms with van der Waals surface area (Å²) < 4.78 is 10.3. The minimum absolute atomic E-state index is 0.283. The van der Waals surface area contributed by atoms with Gasteiger partial charge in [-0.15, -0.1) is 0 Å². The minimum Gasteiger partial charge on any atom is -0.464 e. The highest BCUT2D eigenvalue weighted by Gasteiger charge is 2.37. The molecule has 0 atom stereocenters. The monoisotopic (exact) mass is 201 g/mol. The van der Waals surface area contributed by atoms with Gasteiger partial charge in [-0.3, -0.25) is 4.79 Å². The van der Waals surface area contributed by atoms with E-state index in [1.54, 1.807) is 0 Å². The van der Waals surface area contributed by atoms with Gasteiger partial charge in [-0.2, -0.15) is 0 Å². The number of carbonyl (C=O) groups is 1. The first kappa shape index (κ1) is 11.5. The standard InChI is InChI=1S/C10H19NO3/c1-8(2)7-14-9(12)10(11)3-5-13-6-4-10/h8H,3-7,11H2,1-2H3. The Morgan fingerprint density at radius 3 is 2.57 bits per heavy atom. The van der Waals surface area contributed by atoms with Crippen LogP contribution in [0.25, 0.3) is 0 Å². The highest BCUT2D eigenvalue weighted by molar-refractivity contribution is 5.80. The van der Waals surface area contributed by atoms with E-state index >= 15 is 0 Å². The molecular weight excluding hydrogens is 182 g/mol. The van der Waals surface area contributed by atoms with E-state index in [0.29, 0.717) is 38.6 Å². The molecule has 0 aliphatic carbocycles. The maximum absolute atomic E-state index is 11.6. The average Bonchev–Trinajstić information content (AvgIpc) is 2.15. The number of esters is 1. The molecular formula is C10H19NO3. The number of nitrogens with two attached hydrogens (primary N) is 1. The van der Waals surface area contributed by atoms with Crippen molar-refractivity contribution in [2.24, 2.45) is 11.7 Å². The van der Waals surface area contributed by atoms with E-state index in [2.05, 4.69) is 0 Å². The third kappa shape index (κ3) is 2.96. The van der Waals surface area contributed by atoms with Crippen molar-refractivity contribution < 1.29 is 14.3 Å². The van der Waals surface area contributed by atoms with Gasteiger partial charge in [0.1, 0.15) is 5.54 Å². The molecule has 0 aromatic carbocycles. The molecule has 0 saturated carbocycles. The second-order valence-electron chi connectivity index (χ2n) is 4.26. The Kier molecular flexibility index (Phi) is 3.89. The summed E-state index contributed by atoms with van der Waals surface area (Å²) in [5.41, 5.74) is 5.12. The Balaban J connectivity index is 2.41. The summed E-state index contributed by atoms with van der Waals surface area (Å²) in [5, 5.41) is 0. The SMILES string of the molecule is CC(C)COC(=O)C1(N)CCOCC1. The van der Waals surface area contributed by atoms with Crippen molar-refractivity contribution in [2.75, 3.05) is 19.8 Å². The normalized spacial score (nSPS) is 20.9. The molecule has 0 radical (unpaired) electrons. The lowest BCUT2D eigenvalue weighted by Gasteiger charge is -2.30. The number of hydrogen-bond acceptors (Lipinski definition) is 4. The molecule has 4 heteroatoms. The van der Waals surface area contributed by atoms with Crippen molar-refractivity contribution >= 4 is 5.97 Å². The van der Waals surface area contributed by atoms with Crippen molar-refractivity contribution in [2.45, 2.75) is 32.2 Å². The summed E-state index contributed by atoms with van der Waals surface area (Å²) in [7, 11) is 0. The minimum atomic E-state index is -0.812. The highest BCUT2D eigenvalue weighted by atomic mass is 16.5. The lowest BCUT2D eigenvalue weighted by Crippen LogP contribution is -2.53. The Morgan fingerprint density at radius 1 is 1.50 bits per heavy atom. The van der Waals surface area contributed by atoms with E-state index in [9.17, 15) is 4.79 Å². The molecule has 0 aromatic rings. The largest absolute Gasteiger partial charge is 0.464 e. The zero-order valence-electron chi connectivity index (χ0n) is 8.91. The van der Waals surface area contributed by atoms with Gasteiger partial charge in [0.2, 0.25) is 0 Å². The number of hydrogen-bond donors (Lipinski definition) is 1. The molecule has 0 aromatic heterocycles. The van der Waals surface area contributed by atoms with Gasteiger partial charge in [-0.1, -0.05) is 13.8 Å². The van der Waals surface area contributed by atoms with Gasteiger partial charge in [0.25, 0.3) is 0 Å². The van der Waals surface area contributed by atoms with Gasteiger partial charge in [-0.05, 0) is 18.8 Å². The van der Waals surface area contributed by atoms with Crippen molar-refractivity contribution in [3.05, 3.63) is 0 Å². The third-order valence-electron chi connectivity index (χ3n) is 2.34. The molecule has 82 valence electrons. The first-order valence-electron chi connectivity index (χ1n) is 5.08. The third-order valence-corrected chi connectivity index (χ3v) is 2.34. The quantitative estimate of drug-likeness (QED) is 0.682. The van der Waals surface area contributed by atoms with E-state index in [0.717, 1.165) is 0 Å². The van der Waals surface area contributed by atoms with Crippen molar-refractivity contribution in [3.8, 4) is 0 Å². The predicted octanol–water partition coefficient (Wildman–Crippen LogP) is 0.694. The van der Waals surface area contributed by atoms with Crippen molar-refractivity contribution in [1.29, 1.82) is 0 Å². The Bertz CT molecular complexity index is 198. The maximum atomic E-state index is 11.6. The fraction of sp³-hybridized carbons (Fsp3) is 0.900. The average molecular weight is 201 g/mol. The second kappa shape index (κ2) is 4.75. The van der Waals surface area contributed by atoms with E-state index < -0.39 is 5.54 Å². The summed E-state index contributed by atoms with van der Waals surface area (Å²) >= 11 is 0. The molecule has 1 aliphatic heterocycles. The fourth-order valence-electron chi connectivity index (χ4n) is 1.33. The lowest BCUT2D eigenvalue weighted by atomic mass is 9.91. The smallest absolute Gasteiger partial charge is 0.326 e. The Hall–Kier alpha value is -0.610. The molecule has 4 nitrogen and oxygen atoms in total. The first-order valence-corrected chi connectivity index (χ1v) is 5.08. The van der Waals surface area contributed by atoms with Crippen LogP contribution in [0, 0.1) is 5.92 Å². The summed E-state index contributed by atoms with van der Waals surface area (Å²) in [6, 6.07) is 0. The van der Waals surface area contributed by atoms with Crippen LogP contribution in [0.5, 0.6) is 0 Å². The summed E-state index contributed by atoms with van der Waals surface area (Å²) in [5.74, 6) is 0.0666. The van der Waals surface area contributed by atoms with Crippen LogP contribution in [-0.2, 0) is 14.3 Å². The van der Waals surface area contributed by atoms with E-state index in [-0.39, 0.29) is 5.97 Å². The second-order valence-corrected chi connectivity index (χ2v) is 4.26. The molecule has 1 saturated heterocycles. The molecule has 1 aliphatic rings. The van der Waals surface area contributed by atoms with Crippen LogP contribution in [0.4, 0.5) is 0 Å². The number of rotatable bonds is 3. The van der Waals surface area contributed by atoms with Gasteiger partial charge in [0.15, 0.2) is 0 Å². The van der Waals surface area contributed by atoms with E-state index in [1.165, 1.54) is 0 Å².